The molecule has 2 heterocycles. The van der Waals surface area contributed by atoms with Crippen LogP contribution in [0.3, 0.4) is 0 Å². The zero-order valence-electron chi connectivity index (χ0n) is 17.6. The van der Waals surface area contributed by atoms with E-state index in [1.165, 1.54) is 11.0 Å². The van der Waals surface area contributed by atoms with Gasteiger partial charge in [-0.2, -0.15) is 0 Å². The van der Waals surface area contributed by atoms with Gasteiger partial charge in [0.05, 0.1) is 23.8 Å². The number of benzene rings is 2. The largest absolute Gasteiger partial charge is 0.489 e. The van der Waals surface area contributed by atoms with Crippen molar-refractivity contribution in [1.29, 1.82) is 0 Å². The van der Waals surface area contributed by atoms with Crippen LogP contribution in [0.4, 0.5) is 17.2 Å². The van der Waals surface area contributed by atoms with Gasteiger partial charge in [-0.15, -0.1) is 0 Å². The van der Waals surface area contributed by atoms with Crippen LogP contribution in [0.2, 0.25) is 0 Å². The summed E-state index contributed by atoms with van der Waals surface area (Å²) in [5.74, 6) is -0.545. The minimum Gasteiger partial charge on any atom is -0.489 e. The van der Waals surface area contributed by atoms with Crippen LogP contribution in [-0.4, -0.2) is 53.5 Å². The standard InChI is InChI=1S/C22H24N4O6/c1-12(2)31-16-6-4-3-5-15(16)26-9-10-30-19(22(26)29)18(27)21(28)24-13-7-8-14-17(11-13)32-25-20(14)23/h3-8,11-12,18-19,27H,9-10H2,1-2H3,(H2,23,25)(H,24,28)/t18-,19-/m1/s1. The van der Waals surface area contributed by atoms with Crippen molar-refractivity contribution < 1.29 is 28.7 Å². The van der Waals surface area contributed by atoms with Crippen molar-refractivity contribution in [2.24, 2.45) is 0 Å². The van der Waals surface area contributed by atoms with Crippen molar-refractivity contribution in [1.82, 2.24) is 5.16 Å². The minimum atomic E-state index is -1.72. The van der Waals surface area contributed by atoms with E-state index in [9.17, 15) is 14.7 Å². The highest BCUT2D eigenvalue weighted by atomic mass is 16.5. The van der Waals surface area contributed by atoms with Gasteiger partial charge in [-0.05, 0) is 38.1 Å². The molecular formula is C22H24N4O6. The van der Waals surface area contributed by atoms with Gasteiger partial charge in [0, 0.05) is 18.3 Å². The molecule has 1 saturated heterocycles. The Hall–Kier alpha value is -3.63. The second-order valence-electron chi connectivity index (χ2n) is 7.63. The molecule has 2 atom stereocenters. The Morgan fingerprint density at radius 2 is 2.09 bits per heavy atom. The number of aromatic nitrogens is 1. The summed E-state index contributed by atoms with van der Waals surface area (Å²) in [6, 6.07) is 11.9. The summed E-state index contributed by atoms with van der Waals surface area (Å²) in [7, 11) is 0. The van der Waals surface area contributed by atoms with Crippen LogP contribution in [0, 0.1) is 0 Å². The molecule has 1 aliphatic rings. The Morgan fingerprint density at radius 3 is 2.88 bits per heavy atom. The van der Waals surface area contributed by atoms with E-state index in [0.717, 1.165) is 0 Å². The lowest BCUT2D eigenvalue weighted by Crippen LogP contribution is -2.55. The summed E-state index contributed by atoms with van der Waals surface area (Å²) in [6.07, 6.45) is -3.17. The molecule has 4 rings (SSSR count). The number of nitrogens with one attached hydrogen (secondary N) is 1. The normalized spacial score (nSPS) is 17.6. The first-order valence-electron chi connectivity index (χ1n) is 10.2. The lowest BCUT2D eigenvalue weighted by Gasteiger charge is -2.35. The molecule has 32 heavy (non-hydrogen) atoms. The maximum atomic E-state index is 13.1. The molecule has 0 saturated carbocycles. The lowest BCUT2D eigenvalue weighted by molar-refractivity contribution is -0.150. The molecular weight excluding hydrogens is 416 g/mol. The van der Waals surface area contributed by atoms with Crippen LogP contribution in [0.25, 0.3) is 11.0 Å². The average molecular weight is 440 g/mol. The molecule has 10 nitrogen and oxygen atoms in total. The molecule has 1 aromatic heterocycles. The molecule has 0 unspecified atom stereocenters. The number of carbonyl (C=O) groups is 2. The molecule has 3 aromatic rings. The average Bonchev–Trinajstić information content (AvgIpc) is 3.13. The zero-order valence-corrected chi connectivity index (χ0v) is 17.6. The summed E-state index contributed by atoms with van der Waals surface area (Å²) in [6.45, 7) is 4.20. The van der Waals surface area contributed by atoms with Gasteiger partial charge in [0.2, 0.25) is 0 Å². The number of fused-ring (bicyclic) bond motifs is 1. The molecule has 0 spiro atoms. The number of ether oxygens (including phenoxy) is 2. The number of rotatable bonds is 6. The minimum absolute atomic E-state index is 0.0866. The lowest BCUT2D eigenvalue weighted by atomic mass is 10.1. The van der Waals surface area contributed by atoms with Gasteiger partial charge in [-0.25, -0.2) is 0 Å². The predicted molar refractivity (Wildman–Crippen MR) is 117 cm³/mol. The first-order chi connectivity index (χ1) is 15.3. The summed E-state index contributed by atoms with van der Waals surface area (Å²) in [5, 5.41) is 17.4. The zero-order chi connectivity index (χ0) is 22.8. The van der Waals surface area contributed by atoms with Gasteiger partial charge in [-0.1, -0.05) is 17.3 Å². The van der Waals surface area contributed by atoms with Gasteiger partial charge < -0.3 is 35.1 Å². The molecule has 168 valence electrons. The van der Waals surface area contributed by atoms with Gasteiger partial charge in [0.25, 0.3) is 11.8 Å². The van der Waals surface area contributed by atoms with Crippen molar-refractivity contribution >= 4 is 40.0 Å². The van der Waals surface area contributed by atoms with Gasteiger partial charge in [0.1, 0.15) is 5.75 Å². The quantitative estimate of drug-likeness (QED) is 0.528. The monoisotopic (exact) mass is 440 g/mol. The first kappa shape index (κ1) is 21.6. The van der Waals surface area contributed by atoms with E-state index in [1.54, 1.807) is 30.3 Å². The van der Waals surface area contributed by atoms with Crippen LogP contribution in [-0.2, 0) is 14.3 Å². The molecule has 0 radical (unpaired) electrons. The Bertz CT molecular complexity index is 1140. The Morgan fingerprint density at radius 1 is 1.31 bits per heavy atom. The number of hydrogen-bond acceptors (Lipinski definition) is 8. The second kappa shape index (κ2) is 8.85. The number of aliphatic hydroxyl groups is 1. The summed E-state index contributed by atoms with van der Waals surface area (Å²) >= 11 is 0. The van der Waals surface area contributed by atoms with E-state index in [0.29, 0.717) is 28.1 Å². The number of morpholine rings is 1. The van der Waals surface area contributed by atoms with E-state index in [4.69, 9.17) is 19.7 Å². The van der Waals surface area contributed by atoms with Crippen LogP contribution in [0.5, 0.6) is 5.75 Å². The highest BCUT2D eigenvalue weighted by molar-refractivity contribution is 6.05. The summed E-state index contributed by atoms with van der Waals surface area (Å²) in [4.78, 5) is 27.2. The van der Waals surface area contributed by atoms with E-state index in [1.807, 2.05) is 19.9 Å². The third kappa shape index (κ3) is 4.23. The SMILES string of the molecule is CC(C)Oc1ccccc1N1CCO[C@H]([C@@H](O)C(=O)Nc2ccc3c(N)noc3c2)C1=O. The van der Waals surface area contributed by atoms with Crippen molar-refractivity contribution in [3.8, 4) is 5.75 Å². The molecule has 0 bridgehead atoms. The summed E-state index contributed by atoms with van der Waals surface area (Å²) < 4.78 is 16.4. The molecule has 0 aliphatic carbocycles. The van der Waals surface area contributed by atoms with Gasteiger partial charge in [-0.3, -0.25) is 9.59 Å². The molecule has 1 fully saturated rings. The van der Waals surface area contributed by atoms with Gasteiger partial charge >= 0.3 is 0 Å². The number of nitrogens with two attached hydrogens (primary N) is 1. The fourth-order valence-electron chi connectivity index (χ4n) is 3.49. The van der Waals surface area contributed by atoms with Crippen molar-refractivity contribution in [3.05, 3.63) is 42.5 Å². The number of hydrogen-bond donors (Lipinski definition) is 3. The number of nitrogens with zero attached hydrogens (tertiary/aromatic N) is 2. The number of carbonyl (C=O) groups excluding carboxylic acids is 2. The van der Waals surface area contributed by atoms with Crippen molar-refractivity contribution in [3.63, 3.8) is 0 Å². The van der Waals surface area contributed by atoms with Crippen molar-refractivity contribution in [2.75, 3.05) is 29.1 Å². The molecule has 10 heteroatoms. The smallest absolute Gasteiger partial charge is 0.259 e. The number of anilines is 3. The van der Waals surface area contributed by atoms with Crippen LogP contribution >= 0.6 is 0 Å². The van der Waals surface area contributed by atoms with E-state index in [2.05, 4.69) is 10.5 Å². The number of para-hydroxylation sites is 2. The molecule has 1 aliphatic heterocycles. The molecule has 4 N–H and O–H groups in total. The Kier molecular flexibility index (Phi) is 5.97. The topological polar surface area (TPSA) is 140 Å². The predicted octanol–water partition coefficient (Wildman–Crippen LogP) is 1.93. The van der Waals surface area contributed by atoms with E-state index >= 15 is 0 Å². The van der Waals surface area contributed by atoms with Gasteiger partial charge in [0.15, 0.2) is 23.6 Å². The number of aliphatic hydroxyl groups excluding tert-OH is 1. The Balaban J connectivity index is 1.50. The molecule has 2 amide bonds. The number of nitrogen functional groups attached to an aromatic ring is 1. The second-order valence-corrected chi connectivity index (χ2v) is 7.63. The fraction of sp³-hybridized carbons (Fsp3) is 0.318. The van der Waals surface area contributed by atoms with E-state index < -0.39 is 24.0 Å². The summed E-state index contributed by atoms with van der Waals surface area (Å²) in [5.41, 5.74) is 6.98. The molecule has 2 aromatic carbocycles. The highest BCUT2D eigenvalue weighted by Gasteiger charge is 2.40. The Labute approximate surface area is 183 Å². The number of amides is 2. The maximum absolute atomic E-state index is 13.1. The third-order valence-electron chi connectivity index (χ3n) is 4.96. The van der Waals surface area contributed by atoms with Crippen LogP contribution in [0.1, 0.15) is 13.8 Å². The highest BCUT2D eigenvalue weighted by Crippen LogP contribution is 2.31. The third-order valence-corrected chi connectivity index (χ3v) is 4.96. The first-order valence-corrected chi connectivity index (χ1v) is 10.2. The fourth-order valence-corrected chi connectivity index (χ4v) is 3.49. The van der Waals surface area contributed by atoms with Crippen LogP contribution < -0.4 is 20.7 Å². The maximum Gasteiger partial charge on any atom is 0.259 e. The van der Waals surface area contributed by atoms with Crippen LogP contribution in [0.15, 0.2) is 47.0 Å². The van der Waals surface area contributed by atoms with E-state index in [-0.39, 0.29) is 25.1 Å². The van der Waals surface area contributed by atoms with Crippen molar-refractivity contribution in [2.45, 2.75) is 32.2 Å².